The Labute approximate surface area is 118 Å². The summed E-state index contributed by atoms with van der Waals surface area (Å²) >= 11 is 5.72. The van der Waals surface area contributed by atoms with Gasteiger partial charge in [-0.1, -0.05) is 29.8 Å². The summed E-state index contributed by atoms with van der Waals surface area (Å²) in [7, 11) is 0. The number of anilines is 2. The van der Waals surface area contributed by atoms with Crippen LogP contribution in [0.1, 0.15) is 11.1 Å². The van der Waals surface area contributed by atoms with Gasteiger partial charge in [-0.15, -0.1) is 0 Å². The van der Waals surface area contributed by atoms with Crippen molar-refractivity contribution in [2.45, 2.75) is 12.7 Å². The monoisotopic (exact) mass is 301 g/mol. The smallest absolute Gasteiger partial charge is 0.396 e. The number of hydrogen-bond acceptors (Lipinski definition) is 3. The first-order valence-electron chi connectivity index (χ1n) is 5.69. The van der Waals surface area contributed by atoms with Crippen LogP contribution in [-0.2, 0) is 12.7 Å². The summed E-state index contributed by atoms with van der Waals surface area (Å²) in [6.07, 6.45) is -4.40. The second-order valence-corrected chi connectivity index (χ2v) is 4.47. The molecular weight excluding hydrogens is 291 g/mol. The number of nitrogens with one attached hydrogen (secondary N) is 1. The normalized spacial score (nSPS) is 11.4. The Morgan fingerprint density at radius 3 is 2.55 bits per heavy atom. The van der Waals surface area contributed by atoms with Crippen molar-refractivity contribution < 1.29 is 13.2 Å². The maximum atomic E-state index is 12.8. The molecule has 0 amide bonds. The fraction of sp³-hybridized carbons (Fsp3) is 0.154. The minimum atomic E-state index is -4.40. The van der Waals surface area contributed by atoms with Crippen molar-refractivity contribution in [2.75, 3.05) is 11.1 Å². The predicted octanol–water partition coefficient (Wildman–Crippen LogP) is 3.95. The maximum Gasteiger partial charge on any atom is 0.416 e. The number of aromatic nitrogens is 1. The molecule has 106 valence electrons. The molecular formula is C13H11ClF3N3. The number of halogens is 4. The molecule has 3 nitrogen and oxygen atoms in total. The number of rotatable bonds is 3. The molecule has 7 heteroatoms. The summed E-state index contributed by atoms with van der Waals surface area (Å²) in [6, 6.07) is 8.36. The van der Waals surface area contributed by atoms with Gasteiger partial charge < -0.3 is 11.1 Å². The van der Waals surface area contributed by atoms with E-state index < -0.39 is 11.7 Å². The number of nitrogen functional groups attached to an aromatic ring is 1. The molecule has 0 bridgehead atoms. The molecule has 0 aliphatic rings. The molecule has 1 heterocycles. The van der Waals surface area contributed by atoms with Crippen molar-refractivity contribution >= 4 is 23.1 Å². The molecule has 1 aromatic carbocycles. The Morgan fingerprint density at radius 1 is 1.15 bits per heavy atom. The van der Waals surface area contributed by atoms with Gasteiger partial charge in [0.15, 0.2) is 5.82 Å². The van der Waals surface area contributed by atoms with Gasteiger partial charge in [-0.3, -0.25) is 0 Å². The fourth-order valence-electron chi connectivity index (χ4n) is 1.72. The van der Waals surface area contributed by atoms with Crippen LogP contribution in [0.4, 0.5) is 24.7 Å². The van der Waals surface area contributed by atoms with Gasteiger partial charge in [0.05, 0.1) is 11.3 Å². The third-order valence-electron chi connectivity index (χ3n) is 2.66. The Kier molecular flexibility index (Phi) is 4.04. The van der Waals surface area contributed by atoms with Crippen molar-refractivity contribution in [3.63, 3.8) is 0 Å². The van der Waals surface area contributed by atoms with E-state index in [0.29, 0.717) is 5.69 Å². The zero-order chi connectivity index (χ0) is 14.8. The molecule has 0 fully saturated rings. The molecule has 2 aromatic rings. The Balaban J connectivity index is 2.21. The molecule has 3 N–H and O–H groups in total. The number of nitrogens with two attached hydrogens (primary N) is 1. The zero-order valence-corrected chi connectivity index (χ0v) is 11.0. The highest BCUT2D eigenvalue weighted by Crippen LogP contribution is 2.32. The van der Waals surface area contributed by atoms with E-state index in [1.165, 1.54) is 24.3 Å². The minimum absolute atomic E-state index is 0.0484. The van der Waals surface area contributed by atoms with E-state index in [4.69, 9.17) is 17.3 Å². The van der Waals surface area contributed by atoms with E-state index in [9.17, 15) is 13.2 Å². The highest BCUT2D eigenvalue weighted by Gasteiger charge is 2.32. The molecule has 0 saturated heterocycles. The zero-order valence-electron chi connectivity index (χ0n) is 10.2. The summed E-state index contributed by atoms with van der Waals surface area (Å²) in [5.41, 5.74) is 5.42. The maximum absolute atomic E-state index is 12.8. The molecule has 0 saturated carbocycles. The van der Waals surface area contributed by atoms with E-state index in [0.717, 1.165) is 6.07 Å². The van der Waals surface area contributed by atoms with Gasteiger partial charge in [-0.25, -0.2) is 4.98 Å². The highest BCUT2D eigenvalue weighted by atomic mass is 35.5. The van der Waals surface area contributed by atoms with Crippen LogP contribution in [0, 0.1) is 0 Å². The van der Waals surface area contributed by atoms with Crippen LogP contribution in [0.25, 0.3) is 0 Å². The first kappa shape index (κ1) is 14.5. The Hall–Kier alpha value is -1.95. The largest absolute Gasteiger partial charge is 0.416 e. The van der Waals surface area contributed by atoms with Crippen LogP contribution in [0.2, 0.25) is 5.15 Å². The summed E-state index contributed by atoms with van der Waals surface area (Å²) in [6.45, 7) is -0.0484. The standard InChI is InChI=1S/C13H11ClF3N3/c14-11-6-5-10(18)12(20-11)19-7-8-3-1-2-4-9(8)13(15,16)17/h1-6H,7,18H2,(H,19,20). The predicted molar refractivity (Wildman–Crippen MR) is 72.4 cm³/mol. The van der Waals surface area contributed by atoms with Crippen LogP contribution in [-0.4, -0.2) is 4.98 Å². The van der Waals surface area contributed by atoms with Gasteiger partial charge in [0.2, 0.25) is 0 Å². The molecule has 0 unspecified atom stereocenters. The van der Waals surface area contributed by atoms with Crippen LogP contribution in [0.15, 0.2) is 36.4 Å². The third kappa shape index (κ3) is 3.33. The topological polar surface area (TPSA) is 50.9 Å². The van der Waals surface area contributed by atoms with E-state index in [-0.39, 0.29) is 23.1 Å². The van der Waals surface area contributed by atoms with E-state index in [1.54, 1.807) is 6.07 Å². The number of nitrogens with zero attached hydrogens (tertiary/aromatic N) is 1. The van der Waals surface area contributed by atoms with Crippen LogP contribution in [0.5, 0.6) is 0 Å². The molecule has 20 heavy (non-hydrogen) atoms. The average molecular weight is 302 g/mol. The number of benzene rings is 1. The molecule has 0 aliphatic heterocycles. The summed E-state index contributed by atoms with van der Waals surface area (Å²) in [5, 5.41) is 2.98. The second kappa shape index (κ2) is 5.58. The van der Waals surface area contributed by atoms with Gasteiger partial charge in [0, 0.05) is 6.54 Å². The van der Waals surface area contributed by atoms with Crippen molar-refractivity contribution in [3.05, 3.63) is 52.7 Å². The SMILES string of the molecule is Nc1ccc(Cl)nc1NCc1ccccc1C(F)(F)F. The number of hydrogen-bond donors (Lipinski definition) is 2. The van der Waals surface area contributed by atoms with Gasteiger partial charge in [0.25, 0.3) is 0 Å². The molecule has 1 aromatic heterocycles. The number of alkyl halides is 3. The Bertz CT molecular complexity index is 614. The summed E-state index contributed by atoms with van der Waals surface area (Å²) < 4.78 is 38.5. The lowest BCUT2D eigenvalue weighted by molar-refractivity contribution is -0.138. The van der Waals surface area contributed by atoms with E-state index in [1.807, 2.05) is 0 Å². The highest BCUT2D eigenvalue weighted by molar-refractivity contribution is 6.29. The fourth-order valence-corrected chi connectivity index (χ4v) is 1.87. The lowest BCUT2D eigenvalue weighted by Crippen LogP contribution is -2.12. The van der Waals surface area contributed by atoms with Gasteiger partial charge >= 0.3 is 6.18 Å². The molecule has 0 atom stereocenters. The van der Waals surface area contributed by atoms with Crippen LogP contribution < -0.4 is 11.1 Å². The quantitative estimate of drug-likeness (QED) is 0.844. The van der Waals surface area contributed by atoms with E-state index in [2.05, 4.69) is 10.3 Å². The van der Waals surface area contributed by atoms with Crippen molar-refractivity contribution in [3.8, 4) is 0 Å². The second-order valence-electron chi connectivity index (χ2n) is 4.08. The first-order valence-corrected chi connectivity index (χ1v) is 6.06. The van der Waals surface area contributed by atoms with Gasteiger partial charge in [-0.05, 0) is 23.8 Å². The lowest BCUT2D eigenvalue weighted by atomic mass is 10.1. The summed E-state index contributed by atoms with van der Waals surface area (Å²) in [4.78, 5) is 3.93. The lowest BCUT2D eigenvalue weighted by Gasteiger charge is -2.14. The van der Waals surface area contributed by atoms with Crippen molar-refractivity contribution in [2.24, 2.45) is 0 Å². The first-order chi connectivity index (χ1) is 9.38. The van der Waals surface area contributed by atoms with Crippen LogP contribution in [0.3, 0.4) is 0 Å². The molecule has 0 aliphatic carbocycles. The number of pyridine rings is 1. The minimum Gasteiger partial charge on any atom is -0.396 e. The van der Waals surface area contributed by atoms with E-state index >= 15 is 0 Å². The van der Waals surface area contributed by atoms with Crippen LogP contribution >= 0.6 is 11.6 Å². The third-order valence-corrected chi connectivity index (χ3v) is 2.87. The molecule has 0 spiro atoms. The van der Waals surface area contributed by atoms with Gasteiger partial charge in [-0.2, -0.15) is 13.2 Å². The molecule has 2 rings (SSSR count). The van der Waals surface area contributed by atoms with Gasteiger partial charge in [0.1, 0.15) is 5.15 Å². The van der Waals surface area contributed by atoms with Crippen molar-refractivity contribution in [1.82, 2.24) is 4.98 Å². The molecule has 0 radical (unpaired) electrons. The average Bonchev–Trinajstić information content (AvgIpc) is 2.39. The van der Waals surface area contributed by atoms with Crippen molar-refractivity contribution in [1.29, 1.82) is 0 Å². The summed E-state index contributed by atoms with van der Waals surface area (Å²) in [5.74, 6) is 0.259. The Morgan fingerprint density at radius 2 is 1.85 bits per heavy atom.